The Balaban J connectivity index is 1.83. The second-order valence-corrected chi connectivity index (χ2v) is 3.74. The van der Waals surface area contributed by atoms with Crippen LogP contribution in [0.2, 0.25) is 5.15 Å². The van der Waals surface area contributed by atoms with Gasteiger partial charge in [-0.05, 0) is 12.1 Å². The molecule has 2 rings (SSSR count). The van der Waals surface area contributed by atoms with Crippen LogP contribution in [0, 0.1) is 0 Å². The standard InChI is InChI=1S/C11H10ClN3O2/c12-9-6-14-10(7-13-9)15-11(16)4-3-8-2-1-5-17-8/h1-2,5-7H,3-4H2,(H,14,15,16). The molecule has 0 unspecified atom stereocenters. The predicted octanol–water partition coefficient (Wildman–Crippen LogP) is 2.29. The van der Waals surface area contributed by atoms with Crippen LogP contribution in [0.15, 0.2) is 35.2 Å². The lowest BCUT2D eigenvalue weighted by Crippen LogP contribution is -2.13. The van der Waals surface area contributed by atoms with E-state index in [4.69, 9.17) is 16.0 Å². The Morgan fingerprint density at radius 3 is 2.94 bits per heavy atom. The Kier molecular flexibility index (Phi) is 3.72. The summed E-state index contributed by atoms with van der Waals surface area (Å²) in [5.41, 5.74) is 0. The quantitative estimate of drug-likeness (QED) is 0.905. The van der Waals surface area contributed by atoms with E-state index in [0.29, 0.717) is 23.8 Å². The minimum Gasteiger partial charge on any atom is -0.469 e. The fourth-order valence-corrected chi connectivity index (χ4v) is 1.37. The van der Waals surface area contributed by atoms with Gasteiger partial charge in [0.25, 0.3) is 0 Å². The van der Waals surface area contributed by atoms with Crippen molar-refractivity contribution in [2.45, 2.75) is 12.8 Å². The molecule has 1 N–H and O–H groups in total. The molecule has 0 aliphatic rings. The number of carbonyl (C=O) groups excluding carboxylic acids is 1. The van der Waals surface area contributed by atoms with Gasteiger partial charge in [-0.3, -0.25) is 4.79 Å². The second kappa shape index (κ2) is 5.45. The van der Waals surface area contributed by atoms with Crippen LogP contribution in [-0.2, 0) is 11.2 Å². The van der Waals surface area contributed by atoms with Crippen LogP contribution in [0.1, 0.15) is 12.2 Å². The van der Waals surface area contributed by atoms with Crippen molar-refractivity contribution in [1.29, 1.82) is 0 Å². The van der Waals surface area contributed by atoms with E-state index in [2.05, 4.69) is 15.3 Å². The number of furan rings is 1. The van der Waals surface area contributed by atoms with Gasteiger partial charge in [0.15, 0.2) is 5.82 Å². The number of rotatable bonds is 4. The number of aryl methyl sites for hydroxylation is 1. The molecule has 2 heterocycles. The number of amides is 1. The number of nitrogens with zero attached hydrogens (tertiary/aromatic N) is 2. The Bertz CT molecular complexity index is 482. The molecule has 88 valence electrons. The molecule has 0 radical (unpaired) electrons. The van der Waals surface area contributed by atoms with Crippen molar-refractivity contribution in [3.05, 3.63) is 41.7 Å². The molecule has 0 aliphatic carbocycles. The van der Waals surface area contributed by atoms with E-state index in [9.17, 15) is 4.79 Å². The molecule has 0 saturated heterocycles. The third-order valence-corrected chi connectivity index (χ3v) is 2.26. The molecule has 5 nitrogen and oxygen atoms in total. The van der Waals surface area contributed by atoms with Crippen molar-refractivity contribution in [1.82, 2.24) is 9.97 Å². The molecule has 17 heavy (non-hydrogen) atoms. The predicted molar refractivity (Wildman–Crippen MR) is 62.7 cm³/mol. The largest absolute Gasteiger partial charge is 0.469 e. The van der Waals surface area contributed by atoms with E-state index in [1.54, 1.807) is 12.3 Å². The molecule has 0 aliphatic heterocycles. The summed E-state index contributed by atoms with van der Waals surface area (Å²) in [5, 5.41) is 2.91. The lowest BCUT2D eigenvalue weighted by Gasteiger charge is -2.02. The molecule has 6 heteroatoms. The van der Waals surface area contributed by atoms with Crippen LogP contribution in [0.5, 0.6) is 0 Å². The van der Waals surface area contributed by atoms with Gasteiger partial charge in [-0.2, -0.15) is 0 Å². The zero-order valence-corrected chi connectivity index (χ0v) is 9.65. The first-order valence-electron chi connectivity index (χ1n) is 5.04. The number of aromatic nitrogens is 2. The van der Waals surface area contributed by atoms with E-state index in [1.807, 2.05) is 6.07 Å². The topological polar surface area (TPSA) is 68.0 Å². The van der Waals surface area contributed by atoms with Crippen LogP contribution in [0.25, 0.3) is 0 Å². The second-order valence-electron chi connectivity index (χ2n) is 3.35. The van der Waals surface area contributed by atoms with Gasteiger partial charge in [0.1, 0.15) is 10.9 Å². The Hall–Kier alpha value is -1.88. The van der Waals surface area contributed by atoms with E-state index in [1.165, 1.54) is 12.4 Å². The number of hydrogen-bond acceptors (Lipinski definition) is 4. The molecular weight excluding hydrogens is 242 g/mol. The van der Waals surface area contributed by atoms with E-state index >= 15 is 0 Å². The fraction of sp³-hybridized carbons (Fsp3) is 0.182. The van der Waals surface area contributed by atoms with Crippen molar-refractivity contribution in [2.75, 3.05) is 5.32 Å². The van der Waals surface area contributed by atoms with Gasteiger partial charge in [0.2, 0.25) is 5.91 Å². The van der Waals surface area contributed by atoms with Crippen LogP contribution in [-0.4, -0.2) is 15.9 Å². The van der Waals surface area contributed by atoms with E-state index < -0.39 is 0 Å². The van der Waals surface area contributed by atoms with Gasteiger partial charge >= 0.3 is 0 Å². The average Bonchev–Trinajstić information content (AvgIpc) is 2.83. The smallest absolute Gasteiger partial charge is 0.226 e. The summed E-state index contributed by atoms with van der Waals surface area (Å²) in [4.78, 5) is 19.3. The Labute approximate surface area is 103 Å². The molecule has 0 fully saturated rings. The summed E-state index contributed by atoms with van der Waals surface area (Å²) in [7, 11) is 0. The highest BCUT2D eigenvalue weighted by atomic mass is 35.5. The molecule has 0 spiro atoms. The highest BCUT2D eigenvalue weighted by Crippen LogP contribution is 2.07. The molecule has 0 saturated carbocycles. The van der Waals surface area contributed by atoms with Gasteiger partial charge in [-0.25, -0.2) is 9.97 Å². The third kappa shape index (κ3) is 3.57. The summed E-state index contributed by atoms with van der Waals surface area (Å²) in [6, 6.07) is 3.62. The van der Waals surface area contributed by atoms with Gasteiger partial charge in [0, 0.05) is 12.8 Å². The van der Waals surface area contributed by atoms with Crippen LogP contribution in [0.4, 0.5) is 5.82 Å². The number of hydrogen-bond donors (Lipinski definition) is 1. The first-order valence-corrected chi connectivity index (χ1v) is 5.41. The first kappa shape index (κ1) is 11.6. The maximum absolute atomic E-state index is 11.5. The number of halogens is 1. The molecular formula is C11H10ClN3O2. The van der Waals surface area contributed by atoms with Crippen molar-refractivity contribution in [3.63, 3.8) is 0 Å². The van der Waals surface area contributed by atoms with Gasteiger partial charge in [-0.1, -0.05) is 11.6 Å². The summed E-state index contributed by atoms with van der Waals surface area (Å²) in [6.07, 6.45) is 5.26. The molecule has 1 amide bonds. The number of carbonyl (C=O) groups is 1. The average molecular weight is 252 g/mol. The minimum atomic E-state index is -0.141. The van der Waals surface area contributed by atoms with Crippen molar-refractivity contribution >= 4 is 23.3 Å². The van der Waals surface area contributed by atoms with E-state index in [-0.39, 0.29) is 5.91 Å². The Morgan fingerprint density at radius 1 is 1.41 bits per heavy atom. The normalized spacial score (nSPS) is 10.2. The van der Waals surface area contributed by atoms with Crippen molar-refractivity contribution in [3.8, 4) is 0 Å². The summed E-state index contributed by atoms with van der Waals surface area (Å²) >= 11 is 5.58. The number of nitrogens with one attached hydrogen (secondary N) is 1. The highest BCUT2D eigenvalue weighted by molar-refractivity contribution is 6.29. The van der Waals surface area contributed by atoms with Gasteiger partial charge in [0.05, 0.1) is 18.7 Å². The summed E-state index contributed by atoms with van der Waals surface area (Å²) in [5.74, 6) is 1.03. The monoisotopic (exact) mass is 251 g/mol. The van der Waals surface area contributed by atoms with Gasteiger partial charge < -0.3 is 9.73 Å². The minimum absolute atomic E-state index is 0.141. The molecule has 0 aromatic carbocycles. The van der Waals surface area contributed by atoms with Crippen LogP contribution < -0.4 is 5.32 Å². The lowest BCUT2D eigenvalue weighted by molar-refractivity contribution is -0.116. The van der Waals surface area contributed by atoms with Crippen LogP contribution in [0.3, 0.4) is 0 Å². The fourth-order valence-electron chi connectivity index (χ4n) is 1.27. The van der Waals surface area contributed by atoms with Crippen molar-refractivity contribution in [2.24, 2.45) is 0 Å². The lowest BCUT2D eigenvalue weighted by atomic mass is 10.2. The molecule has 0 bridgehead atoms. The van der Waals surface area contributed by atoms with Crippen LogP contribution >= 0.6 is 11.6 Å². The highest BCUT2D eigenvalue weighted by Gasteiger charge is 2.05. The zero-order chi connectivity index (χ0) is 12.1. The first-order chi connectivity index (χ1) is 8.24. The molecule has 0 atom stereocenters. The van der Waals surface area contributed by atoms with Gasteiger partial charge in [-0.15, -0.1) is 0 Å². The molecule has 2 aromatic rings. The maximum Gasteiger partial charge on any atom is 0.226 e. The number of anilines is 1. The summed E-state index contributed by atoms with van der Waals surface area (Å²) in [6.45, 7) is 0. The SMILES string of the molecule is O=C(CCc1ccco1)Nc1cnc(Cl)cn1. The van der Waals surface area contributed by atoms with Crippen molar-refractivity contribution < 1.29 is 9.21 Å². The third-order valence-electron chi connectivity index (χ3n) is 2.07. The Morgan fingerprint density at radius 2 is 2.29 bits per heavy atom. The zero-order valence-electron chi connectivity index (χ0n) is 8.89. The van der Waals surface area contributed by atoms with E-state index in [0.717, 1.165) is 5.76 Å². The summed E-state index contributed by atoms with van der Waals surface area (Å²) < 4.78 is 5.12. The maximum atomic E-state index is 11.5. The molecule has 2 aromatic heterocycles.